The molecule has 1 aliphatic rings. The highest BCUT2D eigenvalue weighted by atomic mass is 16.2. The van der Waals surface area contributed by atoms with E-state index in [1.165, 1.54) is 16.7 Å². The van der Waals surface area contributed by atoms with Gasteiger partial charge in [-0.1, -0.05) is 56.3 Å². The van der Waals surface area contributed by atoms with Crippen LogP contribution in [0.15, 0.2) is 42.5 Å². The Morgan fingerprint density at radius 3 is 2.25 bits per heavy atom. The Balaban J connectivity index is 1.51. The van der Waals surface area contributed by atoms with Crippen LogP contribution in [0.1, 0.15) is 42.0 Å². The predicted molar refractivity (Wildman–Crippen MR) is 117 cm³/mol. The van der Waals surface area contributed by atoms with Gasteiger partial charge < -0.3 is 5.32 Å². The number of nitrogens with one attached hydrogen (secondary N) is 1. The molecule has 0 atom stereocenters. The zero-order chi connectivity index (χ0) is 20.1. The van der Waals surface area contributed by atoms with Gasteiger partial charge in [0.2, 0.25) is 5.91 Å². The maximum Gasteiger partial charge on any atom is 0.238 e. The van der Waals surface area contributed by atoms with Crippen molar-refractivity contribution in [1.82, 2.24) is 9.80 Å². The second kappa shape index (κ2) is 9.35. The van der Waals surface area contributed by atoms with Gasteiger partial charge in [0.25, 0.3) is 0 Å². The maximum absolute atomic E-state index is 12.7. The number of benzene rings is 2. The van der Waals surface area contributed by atoms with Crippen molar-refractivity contribution >= 4 is 11.6 Å². The van der Waals surface area contributed by atoms with E-state index in [-0.39, 0.29) is 5.91 Å². The van der Waals surface area contributed by atoms with Gasteiger partial charge in [0, 0.05) is 38.4 Å². The van der Waals surface area contributed by atoms with Crippen molar-refractivity contribution in [3.8, 4) is 0 Å². The summed E-state index contributed by atoms with van der Waals surface area (Å²) in [6.07, 6.45) is 0. The summed E-state index contributed by atoms with van der Waals surface area (Å²) in [5.74, 6) is 0.476. The number of aryl methyl sites for hydroxylation is 2. The molecular formula is C24H33N3O. The molecule has 3 rings (SSSR count). The predicted octanol–water partition coefficient (Wildman–Crippen LogP) is 4.18. The van der Waals surface area contributed by atoms with Crippen LogP contribution in [0.25, 0.3) is 0 Å². The molecule has 1 N–H and O–H groups in total. The van der Waals surface area contributed by atoms with Gasteiger partial charge in [-0.2, -0.15) is 0 Å². The number of carbonyl (C=O) groups excluding carboxylic acids is 1. The second-order valence-corrected chi connectivity index (χ2v) is 8.22. The van der Waals surface area contributed by atoms with E-state index in [2.05, 4.69) is 85.3 Å². The second-order valence-electron chi connectivity index (χ2n) is 8.22. The van der Waals surface area contributed by atoms with E-state index >= 15 is 0 Å². The zero-order valence-electron chi connectivity index (χ0n) is 17.7. The first-order chi connectivity index (χ1) is 13.4. The summed E-state index contributed by atoms with van der Waals surface area (Å²) in [7, 11) is 0. The van der Waals surface area contributed by atoms with Crippen LogP contribution in [0.2, 0.25) is 0 Å². The molecule has 1 aliphatic heterocycles. The number of para-hydroxylation sites is 1. The van der Waals surface area contributed by atoms with Crippen molar-refractivity contribution in [1.29, 1.82) is 0 Å². The fourth-order valence-electron chi connectivity index (χ4n) is 3.86. The first-order valence-corrected chi connectivity index (χ1v) is 10.3. The normalized spacial score (nSPS) is 15.8. The molecule has 1 saturated heterocycles. The standard InChI is InChI=1S/C24H33N3O/c1-18(2)22-11-7-9-20(4)24(22)25-23(28)17-27-14-12-26(13-15-27)16-21-10-6-5-8-19(21)3/h5-11,18H,12-17H2,1-4H3,(H,25,28). The molecule has 0 radical (unpaired) electrons. The third kappa shape index (κ3) is 5.21. The van der Waals surface area contributed by atoms with Crippen molar-refractivity contribution in [2.75, 3.05) is 38.0 Å². The topological polar surface area (TPSA) is 35.6 Å². The lowest BCUT2D eigenvalue weighted by atomic mass is 9.98. The van der Waals surface area contributed by atoms with Crippen LogP contribution in [-0.4, -0.2) is 48.4 Å². The lowest BCUT2D eigenvalue weighted by Crippen LogP contribution is -2.48. The van der Waals surface area contributed by atoms with Crippen LogP contribution in [-0.2, 0) is 11.3 Å². The fourth-order valence-corrected chi connectivity index (χ4v) is 3.86. The summed E-state index contributed by atoms with van der Waals surface area (Å²) >= 11 is 0. The molecule has 0 aliphatic carbocycles. The maximum atomic E-state index is 12.7. The molecule has 1 heterocycles. The van der Waals surface area contributed by atoms with E-state index in [0.717, 1.165) is 44.0 Å². The van der Waals surface area contributed by atoms with Gasteiger partial charge in [-0.25, -0.2) is 0 Å². The van der Waals surface area contributed by atoms with E-state index in [0.29, 0.717) is 12.5 Å². The molecule has 1 fully saturated rings. The summed E-state index contributed by atoms with van der Waals surface area (Å²) in [4.78, 5) is 17.4. The number of nitrogens with zero attached hydrogens (tertiary/aromatic N) is 2. The average molecular weight is 380 g/mol. The van der Waals surface area contributed by atoms with E-state index in [9.17, 15) is 4.79 Å². The van der Waals surface area contributed by atoms with Crippen molar-refractivity contribution in [3.05, 3.63) is 64.7 Å². The smallest absolute Gasteiger partial charge is 0.238 e. The number of hydrogen-bond acceptors (Lipinski definition) is 3. The van der Waals surface area contributed by atoms with Gasteiger partial charge in [-0.05, 0) is 42.0 Å². The van der Waals surface area contributed by atoms with Gasteiger partial charge in [0.05, 0.1) is 6.54 Å². The molecular weight excluding hydrogens is 346 g/mol. The number of rotatable bonds is 6. The highest BCUT2D eigenvalue weighted by Crippen LogP contribution is 2.27. The molecule has 0 saturated carbocycles. The number of hydrogen-bond donors (Lipinski definition) is 1. The fraction of sp³-hybridized carbons (Fsp3) is 0.458. The molecule has 0 spiro atoms. The van der Waals surface area contributed by atoms with Gasteiger partial charge >= 0.3 is 0 Å². The number of amides is 1. The zero-order valence-corrected chi connectivity index (χ0v) is 17.7. The van der Waals surface area contributed by atoms with Gasteiger partial charge in [0.15, 0.2) is 0 Å². The number of carbonyl (C=O) groups is 1. The molecule has 28 heavy (non-hydrogen) atoms. The van der Waals surface area contributed by atoms with Crippen molar-refractivity contribution < 1.29 is 4.79 Å². The van der Waals surface area contributed by atoms with Crippen LogP contribution in [0.4, 0.5) is 5.69 Å². The molecule has 1 amide bonds. The van der Waals surface area contributed by atoms with Crippen LogP contribution < -0.4 is 5.32 Å². The quantitative estimate of drug-likeness (QED) is 0.818. The van der Waals surface area contributed by atoms with Crippen LogP contribution in [0, 0.1) is 13.8 Å². The summed E-state index contributed by atoms with van der Waals surface area (Å²) in [5.41, 5.74) is 6.07. The molecule has 2 aromatic rings. The largest absolute Gasteiger partial charge is 0.324 e. The Labute approximate surface area is 169 Å². The summed E-state index contributed by atoms with van der Waals surface area (Å²) in [6, 6.07) is 14.8. The van der Waals surface area contributed by atoms with Crippen molar-refractivity contribution in [2.45, 2.75) is 40.2 Å². The monoisotopic (exact) mass is 379 g/mol. The molecule has 150 valence electrons. The number of piperazine rings is 1. The minimum Gasteiger partial charge on any atom is -0.324 e. The van der Waals surface area contributed by atoms with E-state index in [1.807, 2.05) is 0 Å². The summed E-state index contributed by atoms with van der Waals surface area (Å²) < 4.78 is 0. The van der Waals surface area contributed by atoms with Gasteiger partial charge in [-0.15, -0.1) is 0 Å². The van der Waals surface area contributed by atoms with E-state index in [4.69, 9.17) is 0 Å². The molecule has 0 unspecified atom stereocenters. The summed E-state index contributed by atoms with van der Waals surface area (Å²) in [5, 5.41) is 3.17. The Kier molecular flexibility index (Phi) is 6.87. The third-order valence-corrected chi connectivity index (χ3v) is 5.68. The molecule has 0 bridgehead atoms. The Morgan fingerprint density at radius 2 is 1.57 bits per heavy atom. The van der Waals surface area contributed by atoms with Gasteiger partial charge in [0.1, 0.15) is 0 Å². The lowest BCUT2D eigenvalue weighted by Gasteiger charge is -2.34. The Bertz CT molecular complexity index is 807. The van der Waals surface area contributed by atoms with E-state index < -0.39 is 0 Å². The average Bonchev–Trinajstić information content (AvgIpc) is 2.66. The first kappa shape index (κ1) is 20.6. The van der Waals surface area contributed by atoms with Crippen molar-refractivity contribution in [3.63, 3.8) is 0 Å². The highest BCUT2D eigenvalue weighted by Gasteiger charge is 2.20. The van der Waals surface area contributed by atoms with E-state index in [1.54, 1.807) is 0 Å². The Morgan fingerprint density at radius 1 is 0.929 bits per heavy atom. The van der Waals surface area contributed by atoms with Crippen LogP contribution in [0.3, 0.4) is 0 Å². The minimum atomic E-state index is 0.0866. The minimum absolute atomic E-state index is 0.0866. The third-order valence-electron chi connectivity index (χ3n) is 5.68. The highest BCUT2D eigenvalue weighted by molar-refractivity contribution is 5.93. The number of anilines is 1. The van der Waals surface area contributed by atoms with Crippen molar-refractivity contribution in [2.24, 2.45) is 0 Å². The first-order valence-electron chi connectivity index (χ1n) is 10.3. The van der Waals surface area contributed by atoms with Crippen LogP contribution in [0.5, 0.6) is 0 Å². The molecule has 0 aromatic heterocycles. The molecule has 4 nitrogen and oxygen atoms in total. The van der Waals surface area contributed by atoms with Gasteiger partial charge in [-0.3, -0.25) is 14.6 Å². The molecule has 4 heteroatoms. The van der Waals surface area contributed by atoms with Crippen LogP contribution >= 0.6 is 0 Å². The SMILES string of the molecule is Cc1ccccc1CN1CCN(CC(=O)Nc2c(C)cccc2C(C)C)CC1. The lowest BCUT2D eigenvalue weighted by molar-refractivity contribution is -0.117. The summed E-state index contributed by atoms with van der Waals surface area (Å²) in [6.45, 7) is 13.9. The Hall–Kier alpha value is -2.17. The molecule has 2 aromatic carbocycles.